The highest BCUT2D eigenvalue weighted by molar-refractivity contribution is 8.00. The molecule has 1 unspecified atom stereocenters. The minimum absolute atomic E-state index is 0.0685. The van der Waals surface area contributed by atoms with Gasteiger partial charge in [0.25, 0.3) is 0 Å². The first kappa shape index (κ1) is 41.2. The zero-order valence-corrected chi connectivity index (χ0v) is 33.5. The van der Waals surface area contributed by atoms with E-state index in [0.717, 1.165) is 92.4 Å². The summed E-state index contributed by atoms with van der Waals surface area (Å²) >= 11 is 1.84. The summed E-state index contributed by atoms with van der Waals surface area (Å²) in [6.45, 7) is 5.29. The Morgan fingerprint density at radius 3 is 2.60 bits per heavy atom. The van der Waals surface area contributed by atoms with E-state index in [1.165, 1.54) is 5.56 Å². The van der Waals surface area contributed by atoms with E-state index < -0.39 is 5.79 Å². The topological polar surface area (TPSA) is 129 Å². The van der Waals surface area contributed by atoms with E-state index in [1.54, 1.807) is 18.2 Å². The van der Waals surface area contributed by atoms with Crippen molar-refractivity contribution in [3.63, 3.8) is 0 Å². The summed E-state index contributed by atoms with van der Waals surface area (Å²) in [5.74, 6) is 1.74. The van der Waals surface area contributed by atoms with Gasteiger partial charge in [-0.25, -0.2) is 0 Å². The van der Waals surface area contributed by atoms with Gasteiger partial charge in [0, 0.05) is 55.5 Å². The number of aliphatic hydroxyl groups is 2. The number of hydrogen-bond acceptors (Lipinski definition) is 11. The van der Waals surface area contributed by atoms with Gasteiger partial charge in [-0.1, -0.05) is 42.3 Å². The van der Waals surface area contributed by atoms with Crippen molar-refractivity contribution in [1.82, 2.24) is 4.98 Å². The molecule has 304 valence electrons. The third-order valence-electron chi connectivity index (χ3n) is 11.7. The standard InChI is InChI=1S/C46H56N2O8S/c1-2-24-53-46-42(57-26-19-32-17-20-47-21-18-32)30-40(48-56-43-14-5-8-25-52-43)38-28-34(11-3-6-22-49)37(13-4-7-23-50)44(45(38)46)39-29-36(15-16-41(39)55-46)54-35-12-9-10-33(27-35)31-51/h2,9-10,12,15-18,20-21,27-29,31,34,37,42-45,49-50H,1,3-8,11,13-14,19,22-26,30H2/t34-,37+,42-,43?,44+,45+,46+/m0/s1. The van der Waals surface area contributed by atoms with Crippen molar-refractivity contribution in [3.8, 4) is 17.2 Å². The Kier molecular flexibility index (Phi) is 14.5. The number of nitrogens with zero attached hydrogens (tertiary/aromatic N) is 2. The third kappa shape index (κ3) is 9.66. The van der Waals surface area contributed by atoms with Crippen LogP contribution in [0.2, 0.25) is 0 Å². The highest BCUT2D eigenvalue weighted by Crippen LogP contribution is 2.62. The van der Waals surface area contributed by atoms with Crippen molar-refractivity contribution >= 4 is 23.8 Å². The first-order valence-corrected chi connectivity index (χ1v) is 21.7. The molecule has 1 saturated heterocycles. The van der Waals surface area contributed by atoms with Gasteiger partial charge >= 0.3 is 0 Å². The van der Waals surface area contributed by atoms with Gasteiger partial charge in [-0.3, -0.25) is 9.78 Å². The summed E-state index contributed by atoms with van der Waals surface area (Å²) in [4.78, 5) is 22.1. The van der Waals surface area contributed by atoms with Crippen LogP contribution in [0.15, 0.2) is 96.5 Å². The number of fused-ring (bicyclic) bond motifs is 2. The Balaban J connectivity index is 1.36. The molecule has 10 nitrogen and oxygen atoms in total. The molecule has 11 heteroatoms. The molecular formula is C46H56N2O8S. The number of thioether (sulfide) groups is 1. The number of oxime groups is 1. The Bertz CT molecular complexity index is 1850. The van der Waals surface area contributed by atoms with Gasteiger partial charge in [0.15, 0.2) is 0 Å². The number of hydrogen-bond donors (Lipinski definition) is 2. The second-order valence-corrected chi connectivity index (χ2v) is 16.7. The molecule has 2 fully saturated rings. The van der Waals surface area contributed by atoms with Crippen molar-refractivity contribution in [1.29, 1.82) is 0 Å². The Hall–Kier alpha value is -4.00. The highest BCUT2D eigenvalue weighted by Gasteiger charge is 2.64. The van der Waals surface area contributed by atoms with E-state index >= 15 is 0 Å². The number of pyridine rings is 1. The zero-order chi connectivity index (χ0) is 39.5. The average molecular weight is 797 g/mol. The number of aryl methyl sites for hydroxylation is 1. The molecule has 2 aliphatic carbocycles. The number of rotatable bonds is 20. The summed E-state index contributed by atoms with van der Waals surface area (Å²) in [5, 5.41) is 24.6. The van der Waals surface area contributed by atoms with Crippen LogP contribution in [0.25, 0.3) is 0 Å². The van der Waals surface area contributed by atoms with E-state index in [9.17, 15) is 15.0 Å². The number of aliphatic hydroxyl groups excluding tert-OH is 2. The maximum Gasteiger partial charge on any atom is 0.230 e. The molecule has 7 atom stereocenters. The van der Waals surface area contributed by atoms with E-state index in [4.69, 9.17) is 28.9 Å². The lowest BCUT2D eigenvalue weighted by Gasteiger charge is -2.58. The number of aldehydes is 1. The fraction of sp³-hybridized carbons (Fsp3) is 0.500. The Labute approximate surface area is 340 Å². The van der Waals surface area contributed by atoms with Gasteiger partial charge in [0.1, 0.15) is 23.5 Å². The monoisotopic (exact) mass is 796 g/mol. The number of carbonyl (C=O) groups is 1. The molecule has 4 aliphatic rings. The second-order valence-electron chi connectivity index (χ2n) is 15.4. The Morgan fingerprint density at radius 1 is 1.00 bits per heavy atom. The van der Waals surface area contributed by atoms with Crippen molar-refractivity contribution in [2.24, 2.45) is 22.9 Å². The van der Waals surface area contributed by atoms with Crippen molar-refractivity contribution in [3.05, 3.63) is 108 Å². The van der Waals surface area contributed by atoms with Crippen LogP contribution in [0.3, 0.4) is 0 Å². The lowest BCUT2D eigenvalue weighted by molar-refractivity contribution is -0.223. The predicted molar refractivity (Wildman–Crippen MR) is 222 cm³/mol. The third-order valence-corrected chi connectivity index (χ3v) is 13.1. The number of carbonyl (C=O) groups excluding carboxylic acids is 1. The van der Waals surface area contributed by atoms with Gasteiger partial charge in [0.2, 0.25) is 12.1 Å². The zero-order valence-electron chi connectivity index (χ0n) is 32.7. The molecular weight excluding hydrogens is 741 g/mol. The van der Waals surface area contributed by atoms with Gasteiger partial charge in [-0.05, 0) is 116 Å². The maximum absolute atomic E-state index is 11.6. The van der Waals surface area contributed by atoms with Crippen LogP contribution in [0, 0.1) is 17.8 Å². The van der Waals surface area contributed by atoms with Crippen molar-refractivity contribution < 1.29 is 38.8 Å². The molecule has 3 aromatic rings. The maximum atomic E-state index is 11.6. The van der Waals surface area contributed by atoms with Crippen LogP contribution in [0.1, 0.15) is 91.6 Å². The van der Waals surface area contributed by atoms with Crippen LogP contribution in [0.5, 0.6) is 17.2 Å². The lowest BCUT2D eigenvalue weighted by atomic mass is 9.56. The summed E-state index contributed by atoms with van der Waals surface area (Å²) in [6.07, 6.45) is 17.5. The molecule has 0 bridgehead atoms. The van der Waals surface area contributed by atoms with Gasteiger partial charge in [0.05, 0.1) is 30.1 Å². The quantitative estimate of drug-likeness (QED) is 0.0496. The molecule has 57 heavy (non-hydrogen) atoms. The number of aromatic nitrogens is 1. The fourth-order valence-corrected chi connectivity index (χ4v) is 10.5. The summed E-state index contributed by atoms with van der Waals surface area (Å²) in [7, 11) is 0. The minimum atomic E-state index is -1.06. The largest absolute Gasteiger partial charge is 0.460 e. The number of ether oxygens (including phenoxy) is 4. The molecule has 2 aromatic carbocycles. The van der Waals surface area contributed by atoms with Gasteiger partial charge in [-0.15, -0.1) is 6.58 Å². The van der Waals surface area contributed by atoms with Crippen LogP contribution in [0.4, 0.5) is 0 Å². The van der Waals surface area contributed by atoms with Crippen LogP contribution in [-0.4, -0.2) is 76.7 Å². The molecule has 1 saturated carbocycles. The van der Waals surface area contributed by atoms with Crippen LogP contribution >= 0.6 is 11.8 Å². The van der Waals surface area contributed by atoms with Crippen molar-refractivity contribution in [2.75, 3.05) is 32.2 Å². The fourth-order valence-electron chi connectivity index (χ4n) is 9.11. The lowest BCUT2D eigenvalue weighted by Crippen LogP contribution is -2.64. The first-order chi connectivity index (χ1) is 28.1. The van der Waals surface area contributed by atoms with Gasteiger partial charge in [-0.2, -0.15) is 11.8 Å². The normalized spacial score (nSPS) is 27.1. The molecule has 7 rings (SSSR count). The summed E-state index contributed by atoms with van der Waals surface area (Å²) in [5.41, 5.74) is 4.76. The molecule has 2 N–H and O–H groups in total. The van der Waals surface area contributed by atoms with E-state index in [-0.39, 0.29) is 48.4 Å². The number of unbranched alkanes of at least 4 members (excludes halogenated alkanes) is 2. The van der Waals surface area contributed by atoms with Crippen LogP contribution < -0.4 is 9.47 Å². The SMILES string of the molecule is C=CCO[C@@]12Oc3ccc(Oc4cccc(C=O)c4)cc3[C@H]3[C@H](CCCCO)[C@@H](CCCCO)C=C(C(=NOC4CCCCO4)C[C@@H]1SCCc1ccncc1)[C@H]32. The van der Waals surface area contributed by atoms with E-state index in [1.807, 2.05) is 48.4 Å². The first-order valence-electron chi connectivity index (χ1n) is 20.7. The molecule has 0 radical (unpaired) electrons. The number of benzene rings is 2. The molecule has 0 spiro atoms. The molecule has 2 aliphatic heterocycles. The predicted octanol–water partition coefficient (Wildman–Crippen LogP) is 8.82. The van der Waals surface area contributed by atoms with Gasteiger partial charge < -0.3 is 34.0 Å². The van der Waals surface area contributed by atoms with E-state index in [0.29, 0.717) is 43.1 Å². The van der Waals surface area contributed by atoms with Crippen molar-refractivity contribution in [2.45, 2.75) is 93.9 Å². The number of allylic oxidation sites excluding steroid dienone is 1. The second kappa shape index (κ2) is 20.1. The minimum Gasteiger partial charge on any atom is -0.460 e. The smallest absolute Gasteiger partial charge is 0.230 e. The van der Waals surface area contributed by atoms with Crippen LogP contribution in [-0.2, 0) is 20.7 Å². The molecule has 0 amide bonds. The summed E-state index contributed by atoms with van der Waals surface area (Å²) < 4.78 is 26.8. The summed E-state index contributed by atoms with van der Waals surface area (Å²) in [6, 6.07) is 17.3. The highest BCUT2D eigenvalue weighted by atomic mass is 32.2. The Morgan fingerprint density at radius 2 is 1.82 bits per heavy atom. The molecule has 3 heterocycles. The van der Waals surface area contributed by atoms with E-state index in [2.05, 4.69) is 35.8 Å². The average Bonchev–Trinajstić information content (AvgIpc) is 3.25. The molecule has 1 aromatic heterocycles.